The van der Waals surface area contributed by atoms with Gasteiger partial charge in [-0.3, -0.25) is 9.59 Å². The maximum absolute atomic E-state index is 12.7. The van der Waals surface area contributed by atoms with Gasteiger partial charge in [-0.25, -0.2) is 4.98 Å². The Labute approximate surface area is 140 Å². The van der Waals surface area contributed by atoms with Crippen molar-refractivity contribution in [1.82, 2.24) is 15.2 Å². The fourth-order valence-electron chi connectivity index (χ4n) is 3.01. The first-order valence-corrected chi connectivity index (χ1v) is 8.25. The molecule has 1 atom stereocenters. The van der Waals surface area contributed by atoms with E-state index in [0.29, 0.717) is 31.0 Å². The Morgan fingerprint density at radius 3 is 2.79 bits per heavy atom. The van der Waals surface area contributed by atoms with Crippen LogP contribution in [0.15, 0.2) is 41.3 Å². The number of benzene rings is 1. The van der Waals surface area contributed by atoms with Gasteiger partial charge in [0.05, 0.1) is 12.1 Å². The summed E-state index contributed by atoms with van der Waals surface area (Å²) >= 11 is 0. The summed E-state index contributed by atoms with van der Waals surface area (Å²) < 4.78 is 5.25. The first-order valence-electron chi connectivity index (χ1n) is 8.25. The predicted molar refractivity (Wildman–Crippen MR) is 89.3 cm³/mol. The predicted octanol–water partition coefficient (Wildman–Crippen LogP) is 2.33. The lowest BCUT2D eigenvalue weighted by Crippen LogP contribution is -2.45. The summed E-state index contributed by atoms with van der Waals surface area (Å²) in [5.74, 6) is 0.558. The van der Waals surface area contributed by atoms with Crippen molar-refractivity contribution in [1.29, 1.82) is 0 Å². The van der Waals surface area contributed by atoms with Crippen molar-refractivity contribution in [3.63, 3.8) is 0 Å². The van der Waals surface area contributed by atoms with Crippen LogP contribution in [-0.4, -0.2) is 41.3 Å². The first kappa shape index (κ1) is 16.2. The van der Waals surface area contributed by atoms with Crippen molar-refractivity contribution in [2.24, 2.45) is 5.92 Å². The Morgan fingerprint density at radius 1 is 1.33 bits per heavy atom. The van der Waals surface area contributed by atoms with Crippen LogP contribution in [0.2, 0.25) is 0 Å². The quantitative estimate of drug-likeness (QED) is 0.935. The maximum atomic E-state index is 12.7. The average Bonchev–Trinajstić information content (AvgIpc) is 3.16. The summed E-state index contributed by atoms with van der Waals surface area (Å²) in [4.78, 5) is 30.4. The topological polar surface area (TPSA) is 75.4 Å². The van der Waals surface area contributed by atoms with E-state index < -0.39 is 0 Å². The Hall–Kier alpha value is -2.63. The molecule has 2 aromatic rings. The molecule has 126 valence electrons. The van der Waals surface area contributed by atoms with Crippen LogP contribution in [0.4, 0.5) is 0 Å². The molecule has 1 aromatic carbocycles. The van der Waals surface area contributed by atoms with Crippen molar-refractivity contribution in [3.05, 3.63) is 42.4 Å². The number of likely N-dealkylation sites (tertiary alicyclic amines) is 1. The molecule has 0 spiro atoms. The fourth-order valence-corrected chi connectivity index (χ4v) is 3.01. The standard InChI is InChI=1S/C18H21N3O3/c1-2-20-17(22)15-4-3-9-21(11-15)18(23)14-7-5-13(6-8-14)16-10-19-12-24-16/h5-8,10,12,15H,2-4,9,11H2,1H3,(H,20,22)/t15-/m1/s1. The number of nitrogens with zero attached hydrogens (tertiary/aromatic N) is 2. The molecule has 24 heavy (non-hydrogen) atoms. The van der Waals surface area contributed by atoms with Crippen molar-refractivity contribution < 1.29 is 14.0 Å². The molecule has 6 nitrogen and oxygen atoms in total. The van der Waals surface area contributed by atoms with Crippen LogP contribution in [0.5, 0.6) is 0 Å². The van der Waals surface area contributed by atoms with E-state index in [1.807, 2.05) is 19.1 Å². The monoisotopic (exact) mass is 327 g/mol. The van der Waals surface area contributed by atoms with Gasteiger partial charge in [0.15, 0.2) is 12.2 Å². The Bertz CT molecular complexity index is 695. The highest BCUT2D eigenvalue weighted by Gasteiger charge is 2.28. The molecular formula is C18H21N3O3. The number of carbonyl (C=O) groups excluding carboxylic acids is 2. The van der Waals surface area contributed by atoms with Gasteiger partial charge in [0, 0.05) is 30.8 Å². The number of hydrogen-bond donors (Lipinski definition) is 1. The molecule has 1 N–H and O–H groups in total. The molecule has 1 aliphatic heterocycles. The third-order valence-corrected chi connectivity index (χ3v) is 4.28. The molecule has 0 bridgehead atoms. The zero-order valence-corrected chi connectivity index (χ0v) is 13.7. The number of amides is 2. The summed E-state index contributed by atoms with van der Waals surface area (Å²) in [7, 11) is 0. The van der Waals surface area contributed by atoms with Gasteiger partial charge < -0.3 is 14.6 Å². The summed E-state index contributed by atoms with van der Waals surface area (Å²) in [5.41, 5.74) is 1.50. The number of carbonyl (C=O) groups is 2. The van der Waals surface area contributed by atoms with Gasteiger partial charge in [0.1, 0.15) is 0 Å². The summed E-state index contributed by atoms with van der Waals surface area (Å²) in [6.07, 6.45) is 4.70. The van der Waals surface area contributed by atoms with Crippen molar-refractivity contribution in [2.75, 3.05) is 19.6 Å². The van der Waals surface area contributed by atoms with E-state index >= 15 is 0 Å². The normalized spacial score (nSPS) is 17.5. The summed E-state index contributed by atoms with van der Waals surface area (Å²) in [5, 5.41) is 2.84. The van der Waals surface area contributed by atoms with Crippen LogP contribution in [0.25, 0.3) is 11.3 Å². The molecule has 1 aromatic heterocycles. The number of oxazole rings is 1. The maximum Gasteiger partial charge on any atom is 0.253 e. The average molecular weight is 327 g/mol. The molecule has 2 amide bonds. The first-order chi connectivity index (χ1) is 11.7. The zero-order valence-electron chi connectivity index (χ0n) is 13.7. The second-order valence-corrected chi connectivity index (χ2v) is 5.93. The molecule has 0 radical (unpaired) electrons. The van der Waals surface area contributed by atoms with Crippen molar-refractivity contribution in [2.45, 2.75) is 19.8 Å². The van der Waals surface area contributed by atoms with Gasteiger partial charge in [-0.2, -0.15) is 0 Å². The van der Waals surface area contributed by atoms with Gasteiger partial charge in [-0.1, -0.05) is 12.1 Å². The van der Waals surface area contributed by atoms with E-state index in [0.717, 1.165) is 18.4 Å². The van der Waals surface area contributed by atoms with E-state index in [1.54, 1.807) is 23.2 Å². The largest absolute Gasteiger partial charge is 0.444 e. The van der Waals surface area contributed by atoms with E-state index in [4.69, 9.17) is 4.42 Å². The lowest BCUT2D eigenvalue weighted by Gasteiger charge is -2.32. The van der Waals surface area contributed by atoms with Crippen LogP contribution < -0.4 is 5.32 Å². The summed E-state index contributed by atoms with van der Waals surface area (Å²) in [6.45, 7) is 3.69. The minimum Gasteiger partial charge on any atom is -0.444 e. The molecule has 1 fully saturated rings. The molecule has 1 saturated heterocycles. The minimum atomic E-state index is -0.115. The molecule has 2 heterocycles. The van der Waals surface area contributed by atoms with E-state index in [2.05, 4.69) is 10.3 Å². The molecular weight excluding hydrogens is 306 g/mol. The Morgan fingerprint density at radius 2 is 2.12 bits per heavy atom. The third-order valence-electron chi connectivity index (χ3n) is 4.28. The highest BCUT2D eigenvalue weighted by Crippen LogP contribution is 2.22. The highest BCUT2D eigenvalue weighted by atomic mass is 16.3. The van der Waals surface area contributed by atoms with Gasteiger partial charge >= 0.3 is 0 Å². The fraction of sp³-hybridized carbons (Fsp3) is 0.389. The molecule has 0 saturated carbocycles. The lowest BCUT2D eigenvalue weighted by molar-refractivity contribution is -0.126. The van der Waals surface area contributed by atoms with Gasteiger partial charge in [0.2, 0.25) is 5.91 Å². The van der Waals surface area contributed by atoms with Crippen LogP contribution in [0, 0.1) is 5.92 Å². The molecule has 6 heteroatoms. The second kappa shape index (κ2) is 7.29. The highest BCUT2D eigenvalue weighted by molar-refractivity contribution is 5.95. The Kier molecular flexibility index (Phi) is 4.93. The number of hydrogen-bond acceptors (Lipinski definition) is 4. The van der Waals surface area contributed by atoms with Gasteiger partial charge in [-0.05, 0) is 31.9 Å². The van der Waals surface area contributed by atoms with E-state index in [-0.39, 0.29) is 17.7 Å². The van der Waals surface area contributed by atoms with Gasteiger partial charge in [-0.15, -0.1) is 0 Å². The molecule has 1 aliphatic rings. The number of nitrogens with one attached hydrogen (secondary N) is 1. The molecule has 0 unspecified atom stereocenters. The van der Waals surface area contributed by atoms with Crippen LogP contribution >= 0.6 is 0 Å². The van der Waals surface area contributed by atoms with Crippen molar-refractivity contribution >= 4 is 11.8 Å². The summed E-state index contributed by atoms with van der Waals surface area (Å²) in [6, 6.07) is 7.27. The van der Waals surface area contributed by atoms with Crippen LogP contribution in [-0.2, 0) is 4.79 Å². The van der Waals surface area contributed by atoms with Crippen LogP contribution in [0.1, 0.15) is 30.1 Å². The smallest absolute Gasteiger partial charge is 0.253 e. The zero-order chi connectivity index (χ0) is 16.9. The SMILES string of the molecule is CCNC(=O)[C@@H]1CCCN(C(=O)c2ccc(-c3cnco3)cc2)C1. The number of piperidine rings is 1. The lowest BCUT2D eigenvalue weighted by atomic mass is 9.96. The minimum absolute atomic E-state index is 0.0341. The molecule has 3 rings (SSSR count). The van der Waals surface area contributed by atoms with E-state index in [9.17, 15) is 9.59 Å². The van der Waals surface area contributed by atoms with Crippen molar-refractivity contribution in [3.8, 4) is 11.3 Å². The third kappa shape index (κ3) is 3.48. The Balaban J connectivity index is 1.68. The van der Waals surface area contributed by atoms with Crippen LogP contribution in [0.3, 0.4) is 0 Å². The van der Waals surface area contributed by atoms with Gasteiger partial charge in [0.25, 0.3) is 5.91 Å². The second-order valence-electron chi connectivity index (χ2n) is 5.93. The number of rotatable bonds is 4. The van der Waals surface area contributed by atoms with E-state index in [1.165, 1.54) is 6.39 Å². The number of aromatic nitrogens is 1. The molecule has 0 aliphatic carbocycles.